The van der Waals surface area contributed by atoms with E-state index in [0.29, 0.717) is 22.3 Å². The van der Waals surface area contributed by atoms with E-state index in [9.17, 15) is 18.0 Å². The number of sulfonamides is 1. The molecule has 4 rings (SSSR count). The smallest absolute Gasteiger partial charge is 0.264 e. The topological polar surface area (TPSA) is 96.0 Å². The van der Waals surface area contributed by atoms with Crippen molar-refractivity contribution in [1.29, 1.82) is 0 Å². The van der Waals surface area contributed by atoms with Gasteiger partial charge in [0, 0.05) is 19.0 Å². The molecule has 4 aromatic carbocycles. The Morgan fingerprint density at radius 3 is 2.07 bits per heavy atom. The highest BCUT2D eigenvalue weighted by Gasteiger charge is 2.35. The minimum absolute atomic E-state index is 0.0153. The maximum atomic E-state index is 14.5. The Morgan fingerprint density at radius 1 is 0.891 bits per heavy atom. The first-order chi connectivity index (χ1) is 22.0. The van der Waals surface area contributed by atoms with Crippen molar-refractivity contribution in [1.82, 2.24) is 10.2 Å². The van der Waals surface area contributed by atoms with E-state index in [4.69, 9.17) is 4.74 Å². The molecule has 0 saturated heterocycles. The Morgan fingerprint density at radius 2 is 1.50 bits per heavy atom. The number of halogens is 1. The maximum Gasteiger partial charge on any atom is 0.264 e. The zero-order valence-corrected chi connectivity index (χ0v) is 28.9. The molecule has 2 atom stereocenters. The van der Waals surface area contributed by atoms with Crippen molar-refractivity contribution in [3.8, 4) is 5.75 Å². The van der Waals surface area contributed by atoms with Crippen molar-refractivity contribution >= 4 is 43.5 Å². The second-order valence-electron chi connectivity index (χ2n) is 11.2. The fraction of sp³-hybridized carbons (Fsp3) is 0.278. The minimum Gasteiger partial charge on any atom is -0.496 e. The number of carbonyl (C=O) groups is 2. The molecule has 4 aromatic rings. The predicted octanol–water partition coefficient (Wildman–Crippen LogP) is 6.52. The van der Waals surface area contributed by atoms with Crippen LogP contribution in [0.4, 0.5) is 5.69 Å². The highest BCUT2D eigenvalue weighted by molar-refractivity contribution is 9.10. The van der Waals surface area contributed by atoms with Gasteiger partial charge in [0.1, 0.15) is 18.3 Å². The summed E-state index contributed by atoms with van der Waals surface area (Å²) in [5.41, 5.74) is 2.96. The highest BCUT2D eigenvalue weighted by atomic mass is 79.9. The monoisotopic (exact) mass is 705 g/mol. The molecule has 0 aromatic heterocycles. The summed E-state index contributed by atoms with van der Waals surface area (Å²) in [4.78, 5) is 29.9. The van der Waals surface area contributed by atoms with E-state index in [-0.39, 0.29) is 29.8 Å². The number of rotatable bonds is 14. The molecule has 0 aliphatic rings. The number of nitrogens with zero attached hydrogens (tertiary/aromatic N) is 2. The van der Waals surface area contributed by atoms with E-state index in [2.05, 4.69) is 21.2 Å². The lowest BCUT2D eigenvalue weighted by atomic mass is 10.0. The van der Waals surface area contributed by atoms with E-state index in [1.165, 1.54) is 24.1 Å². The number of anilines is 1. The third-order valence-corrected chi connectivity index (χ3v) is 10.2. The lowest BCUT2D eigenvalue weighted by Gasteiger charge is -2.34. The van der Waals surface area contributed by atoms with E-state index in [1.807, 2.05) is 81.4 Å². The molecule has 0 heterocycles. The molecular weight excluding hydrogens is 666 g/mol. The first-order valence-corrected chi connectivity index (χ1v) is 17.4. The van der Waals surface area contributed by atoms with Crippen LogP contribution in [0.1, 0.15) is 37.0 Å². The predicted molar refractivity (Wildman–Crippen MR) is 185 cm³/mol. The largest absolute Gasteiger partial charge is 0.496 e. The lowest BCUT2D eigenvalue weighted by molar-refractivity contribution is -0.140. The molecule has 1 N–H and O–H groups in total. The van der Waals surface area contributed by atoms with E-state index < -0.39 is 28.5 Å². The molecular formula is C36H40BrN3O5S. The van der Waals surface area contributed by atoms with Crippen molar-refractivity contribution < 1.29 is 22.7 Å². The molecule has 2 amide bonds. The van der Waals surface area contributed by atoms with Gasteiger partial charge in [0.2, 0.25) is 11.8 Å². The van der Waals surface area contributed by atoms with Crippen molar-refractivity contribution in [2.45, 2.75) is 57.1 Å². The number of hydrogen-bond acceptors (Lipinski definition) is 5. The first-order valence-electron chi connectivity index (χ1n) is 15.1. The third-order valence-electron chi connectivity index (χ3n) is 7.78. The molecule has 0 spiro atoms. The van der Waals surface area contributed by atoms with Crippen LogP contribution in [0.3, 0.4) is 0 Å². The van der Waals surface area contributed by atoms with Crippen LogP contribution in [0.2, 0.25) is 0 Å². The summed E-state index contributed by atoms with van der Waals surface area (Å²) in [5, 5.41) is 3.05. The molecule has 10 heteroatoms. The standard InChI is InChI=1S/C36H40BrN3O5S/c1-5-27(3)38-36(42)33(22-28-12-8-6-9-13-28)39(24-29-14-10-7-11-15-29)35(41)25-40(30-18-16-26(2)17-19-30)46(43,44)31-20-21-34(45-4)32(37)23-31/h6-21,23,27,33H,5,22,24-25H2,1-4H3,(H,38,42)/t27-,33-/m1/s1. The van der Waals surface area contributed by atoms with Gasteiger partial charge < -0.3 is 15.0 Å². The van der Waals surface area contributed by atoms with Crippen LogP contribution in [0, 0.1) is 6.92 Å². The van der Waals surface area contributed by atoms with Gasteiger partial charge in [0.05, 0.1) is 22.2 Å². The van der Waals surface area contributed by atoms with Crippen LogP contribution >= 0.6 is 15.9 Å². The van der Waals surface area contributed by atoms with Crippen LogP contribution < -0.4 is 14.4 Å². The normalized spacial score (nSPS) is 12.5. The quantitative estimate of drug-likeness (QED) is 0.161. The summed E-state index contributed by atoms with van der Waals surface area (Å²) >= 11 is 3.39. The van der Waals surface area contributed by atoms with Gasteiger partial charge in [0.25, 0.3) is 10.0 Å². The minimum atomic E-state index is -4.24. The molecule has 8 nitrogen and oxygen atoms in total. The summed E-state index contributed by atoms with van der Waals surface area (Å²) in [5.74, 6) is -0.339. The molecule has 0 aliphatic heterocycles. The summed E-state index contributed by atoms with van der Waals surface area (Å²) in [6.45, 7) is 5.39. The summed E-state index contributed by atoms with van der Waals surface area (Å²) in [6, 6.07) is 29.3. The number of methoxy groups -OCH3 is 1. The average Bonchev–Trinajstić information content (AvgIpc) is 3.06. The number of ether oxygens (including phenoxy) is 1. The number of amides is 2. The van der Waals surface area contributed by atoms with Crippen LogP contribution in [-0.2, 0) is 32.6 Å². The molecule has 46 heavy (non-hydrogen) atoms. The zero-order valence-electron chi connectivity index (χ0n) is 26.5. The molecule has 0 unspecified atom stereocenters. The van der Waals surface area contributed by atoms with Gasteiger partial charge >= 0.3 is 0 Å². The molecule has 0 radical (unpaired) electrons. The first kappa shape index (κ1) is 34.7. The summed E-state index contributed by atoms with van der Waals surface area (Å²) in [7, 11) is -2.75. The molecule has 0 saturated carbocycles. The zero-order chi connectivity index (χ0) is 33.3. The number of nitrogens with one attached hydrogen (secondary N) is 1. The van der Waals surface area contributed by atoms with Gasteiger partial charge in [-0.05, 0) is 77.7 Å². The van der Waals surface area contributed by atoms with Crippen LogP contribution in [0.25, 0.3) is 0 Å². The molecule has 0 aliphatic carbocycles. The van der Waals surface area contributed by atoms with Crippen LogP contribution in [0.5, 0.6) is 5.75 Å². The van der Waals surface area contributed by atoms with Crippen molar-refractivity contribution in [3.63, 3.8) is 0 Å². The Hall–Kier alpha value is -4.15. The SMILES string of the molecule is CC[C@@H](C)NC(=O)[C@@H](Cc1ccccc1)N(Cc1ccccc1)C(=O)CN(c1ccc(C)cc1)S(=O)(=O)c1ccc(OC)c(Br)c1. The molecule has 0 fully saturated rings. The van der Waals surface area contributed by atoms with Gasteiger partial charge in [-0.2, -0.15) is 0 Å². The lowest BCUT2D eigenvalue weighted by Crippen LogP contribution is -2.54. The Kier molecular flexibility index (Phi) is 12.0. The third kappa shape index (κ3) is 8.76. The maximum absolute atomic E-state index is 14.5. The summed E-state index contributed by atoms with van der Waals surface area (Å²) in [6.07, 6.45) is 0.970. The van der Waals surface area contributed by atoms with Crippen molar-refractivity contribution in [2.24, 2.45) is 0 Å². The van der Waals surface area contributed by atoms with Crippen molar-refractivity contribution in [2.75, 3.05) is 18.0 Å². The second kappa shape index (κ2) is 15.9. The number of carbonyl (C=O) groups excluding carboxylic acids is 2. The van der Waals surface area contributed by atoms with E-state index >= 15 is 0 Å². The van der Waals surface area contributed by atoms with E-state index in [0.717, 1.165) is 21.0 Å². The molecule has 242 valence electrons. The van der Waals surface area contributed by atoms with Gasteiger partial charge in [-0.1, -0.05) is 85.3 Å². The Balaban J connectivity index is 1.80. The van der Waals surface area contributed by atoms with Crippen LogP contribution in [-0.4, -0.2) is 50.9 Å². The Bertz CT molecular complexity index is 1720. The number of benzene rings is 4. The average molecular weight is 707 g/mol. The summed E-state index contributed by atoms with van der Waals surface area (Å²) < 4.78 is 35.4. The number of aryl methyl sites for hydroxylation is 1. The van der Waals surface area contributed by atoms with Crippen LogP contribution in [0.15, 0.2) is 112 Å². The second-order valence-corrected chi connectivity index (χ2v) is 13.9. The van der Waals surface area contributed by atoms with E-state index in [1.54, 1.807) is 30.3 Å². The molecule has 0 bridgehead atoms. The fourth-order valence-corrected chi connectivity index (χ4v) is 7.08. The van der Waals surface area contributed by atoms with Gasteiger partial charge in [0.15, 0.2) is 0 Å². The Labute approximate surface area is 280 Å². The van der Waals surface area contributed by atoms with Gasteiger partial charge in [-0.25, -0.2) is 8.42 Å². The van der Waals surface area contributed by atoms with Gasteiger partial charge in [-0.15, -0.1) is 0 Å². The fourth-order valence-electron chi connectivity index (χ4n) is 4.95. The van der Waals surface area contributed by atoms with Gasteiger partial charge in [-0.3, -0.25) is 13.9 Å². The highest BCUT2D eigenvalue weighted by Crippen LogP contribution is 2.31. The van der Waals surface area contributed by atoms with Crippen molar-refractivity contribution in [3.05, 3.63) is 124 Å². The number of hydrogen-bond donors (Lipinski definition) is 1.